The highest BCUT2D eigenvalue weighted by molar-refractivity contribution is 6.18. The van der Waals surface area contributed by atoms with Crippen molar-refractivity contribution in [2.45, 2.75) is 6.04 Å². The average molecular weight is 241 g/mol. The molecule has 0 amide bonds. The van der Waals surface area contributed by atoms with E-state index in [-0.39, 0.29) is 6.04 Å². The Labute approximate surface area is 98.6 Å². The van der Waals surface area contributed by atoms with E-state index in [1.54, 1.807) is 7.11 Å². The number of fused-ring (bicyclic) bond motifs is 1. The van der Waals surface area contributed by atoms with E-state index < -0.39 is 0 Å². The smallest absolute Gasteiger partial charge is 0.296 e. The molecule has 0 spiro atoms. The molecule has 1 heterocycles. The van der Waals surface area contributed by atoms with E-state index in [1.807, 2.05) is 24.3 Å². The lowest BCUT2D eigenvalue weighted by Gasteiger charge is -2.12. The Morgan fingerprint density at radius 1 is 1.50 bits per heavy atom. The molecule has 0 saturated heterocycles. The molecule has 1 atom stereocenters. The van der Waals surface area contributed by atoms with Crippen LogP contribution in [0, 0.1) is 0 Å². The molecule has 1 N–H and O–H groups in total. The molecular weight excluding hydrogens is 228 g/mol. The largest absolute Gasteiger partial charge is 0.424 e. The summed E-state index contributed by atoms with van der Waals surface area (Å²) in [5.74, 6) is 0.437. The second-order valence-electron chi connectivity index (χ2n) is 3.44. The van der Waals surface area contributed by atoms with Crippen LogP contribution in [0.15, 0.2) is 28.7 Å². The SMILES string of the molecule is COCC(CCl)Nc1nc2ccccc2o1. The summed E-state index contributed by atoms with van der Waals surface area (Å²) in [6.07, 6.45) is 0. The van der Waals surface area contributed by atoms with E-state index in [0.717, 1.165) is 11.1 Å². The van der Waals surface area contributed by atoms with Gasteiger partial charge in [-0.1, -0.05) is 12.1 Å². The first-order valence-corrected chi connectivity index (χ1v) is 5.54. The summed E-state index contributed by atoms with van der Waals surface area (Å²) in [7, 11) is 1.63. The molecule has 2 aromatic rings. The Bertz CT molecular complexity index is 425. The van der Waals surface area contributed by atoms with Gasteiger partial charge in [0.2, 0.25) is 0 Å². The van der Waals surface area contributed by atoms with Crippen LogP contribution in [0.1, 0.15) is 0 Å². The standard InChI is InChI=1S/C11H13ClN2O2/c1-15-7-8(6-12)13-11-14-9-4-2-3-5-10(9)16-11/h2-5,8H,6-7H2,1H3,(H,13,14). The van der Waals surface area contributed by atoms with E-state index in [4.69, 9.17) is 20.8 Å². The number of oxazole rings is 1. The number of ether oxygens (including phenoxy) is 1. The van der Waals surface area contributed by atoms with Gasteiger partial charge in [0, 0.05) is 13.0 Å². The summed E-state index contributed by atoms with van der Waals surface area (Å²) in [5.41, 5.74) is 1.59. The molecule has 0 aliphatic rings. The Morgan fingerprint density at radius 2 is 2.31 bits per heavy atom. The predicted octanol–water partition coefficient (Wildman–Crippen LogP) is 2.49. The molecule has 2 rings (SSSR count). The number of anilines is 1. The van der Waals surface area contributed by atoms with Gasteiger partial charge in [-0.3, -0.25) is 0 Å². The van der Waals surface area contributed by atoms with Crippen LogP contribution in [0.3, 0.4) is 0 Å². The van der Waals surface area contributed by atoms with Crippen molar-refractivity contribution in [3.8, 4) is 0 Å². The number of rotatable bonds is 5. The molecule has 1 unspecified atom stereocenters. The zero-order valence-electron chi connectivity index (χ0n) is 8.94. The van der Waals surface area contributed by atoms with Crippen molar-refractivity contribution in [1.82, 2.24) is 4.98 Å². The Balaban J connectivity index is 2.14. The van der Waals surface area contributed by atoms with Gasteiger partial charge in [0.05, 0.1) is 12.6 Å². The quantitative estimate of drug-likeness (QED) is 0.816. The third kappa shape index (κ3) is 2.46. The number of methoxy groups -OCH3 is 1. The highest BCUT2D eigenvalue weighted by Gasteiger charge is 2.11. The molecule has 0 aliphatic carbocycles. The Morgan fingerprint density at radius 3 is 3.00 bits per heavy atom. The molecular formula is C11H13ClN2O2. The number of nitrogens with one attached hydrogen (secondary N) is 1. The maximum absolute atomic E-state index is 5.78. The van der Waals surface area contributed by atoms with Crippen LogP contribution in [-0.4, -0.2) is 30.6 Å². The van der Waals surface area contributed by atoms with Crippen LogP contribution < -0.4 is 5.32 Å². The van der Waals surface area contributed by atoms with Crippen LogP contribution in [0.2, 0.25) is 0 Å². The molecule has 0 saturated carbocycles. The molecule has 4 nitrogen and oxygen atoms in total. The van der Waals surface area contributed by atoms with Crippen LogP contribution in [0.25, 0.3) is 11.1 Å². The van der Waals surface area contributed by atoms with Gasteiger partial charge >= 0.3 is 0 Å². The third-order valence-electron chi connectivity index (χ3n) is 2.18. The van der Waals surface area contributed by atoms with E-state index in [9.17, 15) is 0 Å². The summed E-state index contributed by atoms with van der Waals surface area (Å²) in [4.78, 5) is 4.29. The minimum absolute atomic E-state index is 0.000251. The lowest BCUT2D eigenvalue weighted by atomic mass is 10.3. The Hall–Kier alpha value is -1.26. The number of benzene rings is 1. The van der Waals surface area contributed by atoms with Gasteiger partial charge in [0.15, 0.2) is 5.58 Å². The average Bonchev–Trinajstić information content (AvgIpc) is 2.70. The van der Waals surface area contributed by atoms with Crippen LogP contribution in [-0.2, 0) is 4.74 Å². The second-order valence-corrected chi connectivity index (χ2v) is 3.75. The van der Waals surface area contributed by atoms with Crippen molar-refractivity contribution in [3.63, 3.8) is 0 Å². The van der Waals surface area contributed by atoms with Crippen molar-refractivity contribution in [1.29, 1.82) is 0 Å². The van der Waals surface area contributed by atoms with E-state index in [1.165, 1.54) is 0 Å². The lowest BCUT2D eigenvalue weighted by molar-refractivity contribution is 0.190. The molecule has 86 valence electrons. The fourth-order valence-electron chi connectivity index (χ4n) is 1.43. The maximum Gasteiger partial charge on any atom is 0.296 e. The summed E-state index contributed by atoms with van der Waals surface area (Å²) in [6.45, 7) is 0.516. The van der Waals surface area contributed by atoms with Crippen molar-refractivity contribution >= 4 is 28.7 Å². The molecule has 1 aromatic carbocycles. The van der Waals surface area contributed by atoms with E-state index >= 15 is 0 Å². The van der Waals surface area contributed by atoms with Gasteiger partial charge < -0.3 is 14.5 Å². The molecule has 1 aromatic heterocycles. The highest BCUT2D eigenvalue weighted by Crippen LogP contribution is 2.18. The van der Waals surface area contributed by atoms with Crippen molar-refractivity contribution < 1.29 is 9.15 Å². The first-order chi connectivity index (χ1) is 7.83. The summed E-state index contributed by atoms with van der Waals surface area (Å²) in [5, 5.41) is 3.08. The fraction of sp³-hybridized carbons (Fsp3) is 0.364. The van der Waals surface area contributed by atoms with Gasteiger partial charge in [0.1, 0.15) is 5.52 Å². The lowest BCUT2D eigenvalue weighted by Crippen LogP contribution is -2.26. The number of hydrogen-bond donors (Lipinski definition) is 1. The highest BCUT2D eigenvalue weighted by atomic mass is 35.5. The van der Waals surface area contributed by atoms with E-state index in [2.05, 4.69) is 10.3 Å². The number of halogens is 1. The molecule has 5 heteroatoms. The number of nitrogens with zero attached hydrogens (tertiary/aromatic N) is 1. The monoisotopic (exact) mass is 240 g/mol. The summed E-state index contributed by atoms with van der Waals surface area (Å²) < 4.78 is 10.5. The summed E-state index contributed by atoms with van der Waals surface area (Å²) >= 11 is 5.78. The van der Waals surface area contributed by atoms with E-state index in [0.29, 0.717) is 18.5 Å². The zero-order chi connectivity index (χ0) is 11.4. The molecule has 0 aliphatic heterocycles. The molecule has 0 fully saturated rings. The van der Waals surface area contributed by atoms with Crippen molar-refractivity contribution in [3.05, 3.63) is 24.3 Å². The van der Waals surface area contributed by atoms with Gasteiger partial charge in [-0.15, -0.1) is 11.6 Å². The first-order valence-electron chi connectivity index (χ1n) is 5.00. The first kappa shape index (κ1) is 11.2. The van der Waals surface area contributed by atoms with Crippen LogP contribution >= 0.6 is 11.6 Å². The number of hydrogen-bond acceptors (Lipinski definition) is 4. The molecule has 0 bridgehead atoms. The van der Waals surface area contributed by atoms with Crippen molar-refractivity contribution in [2.24, 2.45) is 0 Å². The predicted molar refractivity (Wildman–Crippen MR) is 64.0 cm³/mol. The van der Waals surface area contributed by atoms with Gasteiger partial charge in [-0.25, -0.2) is 0 Å². The third-order valence-corrected chi connectivity index (χ3v) is 2.55. The minimum atomic E-state index is -0.000251. The van der Waals surface area contributed by atoms with Gasteiger partial charge in [-0.2, -0.15) is 4.98 Å². The second kappa shape index (κ2) is 5.18. The minimum Gasteiger partial charge on any atom is -0.424 e. The zero-order valence-corrected chi connectivity index (χ0v) is 9.70. The molecule has 16 heavy (non-hydrogen) atoms. The number of aromatic nitrogens is 1. The van der Waals surface area contributed by atoms with Gasteiger partial charge in [0.25, 0.3) is 6.01 Å². The topological polar surface area (TPSA) is 47.3 Å². The Kier molecular flexibility index (Phi) is 3.64. The fourth-order valence-corrected chi connectivity index (χ4v) is 1.60. The van der Waals surface area contributed by atoms with Crippen LogP contribution in [0.5, 0.6) is 0 Å². The van der Waals surface area contributed by atoms with Crippen molar-refractivity contribution in [2.75, 3.05) is 24.9 Å². The normalized spacial score (nSPS) is 12.9. The maximum atomic E-state index is 5.78. The summed E-state index contributed by atoms with van der Waals surface area (Å²) in [6, 6.07) is 8.08. The number of para-hydroxylation sites is 2. The van der Waals surface area contributed by atoms with Gasteiger partial charge in [-0.05, 0) is 12.1 Å². The van der Waals surface area contributed by atoms with Crippen LogP contribution in [0.4, 0.5) is 6.01 Å². The molecule has 0 radical (unpaired) electrons. The number of alkyl halides is 1.